The van der Waals surface area contributed by atoms with Crippen LogP contribution in [0, 0.1) is 5.92 Å². The van der Waals surface area contributed by atoms with Crippen molar-refractivity contribution in [3.05, 3.63) is 0 Å². The van der Waals surface area contributed by atoms with E-state index in [0.717, 1.165) is 38.5 Å². The van der Waals surface area contributed by atoms with Crippen molar-refractivity contribution < 1.29 is 9.84 Å². The molecule has 2 unspecified atom stereocenters. The van der Waals surface area contributed by atoms with Gasteiger partial charge in [0.05, 0.1) is 18.8 Å². The van der Waals surface area contributed by atoms with Crippen molar-refractivity contribution in [2.24, 2.45) is 5.92 Å². The molecule has 3 nitrogen and oxygen atoms in total. The lowest BCUT2D eigenvalue weighted by Gasteiger charge is -2.31. The summed E-state index contributed by atoms with van der Waals surface area (Å²) in [5, 5.41) is 13.6. The zero-order chi connectivity index (χ0) is 10.0. The van der Waals surface area contributed by atoms with Crippen LogP contribution in [0.15, 0.2) is 0 Å². The van der Waals surface area contributed by atoms with Crippen molar-refractivity contribution in [2.45, 2.75) is 44.2 Å². The Labute approximate surface area is 85.8 Å². The molecule has 0 amide bonds. The second-order valence-corrected chi connectivity index (χ2v) is 5.07. The molecule has 1 heterocycles. The quantitative estimate of drug-likeness (QED) is 0.707. The number of morpholine rings is 1. The summed E-state index contributed by atoms with van der Waals surface area (Å²) in [7, 11) is 0. The zero-order valence-corrected chi connectivity index (χ0v) is 8.96. The Hall–Kier alpha value is -0.120. The van der Waals surface area contributed by atoms with Crippen molar-refractivity contribution in [1.82, 2.24) is 5.32 Å². The molecule has 2 fully saturated rings. The van der Waals surface area contributed by atoms with Crippen LogP contribution in [0.5, 0.6) is 0 Å². The normalized spacial score (nSPS) is 32.6. The molecule has 82 valence electrons. The minimum atomic E-state index is -0.500. The molecule has 0 bridgehead atoms. The Balaban J connectivity index is 1.75. The smallest absolute Gasteiger partial charge is 0.0638 e. The highest BCUT2D eigenvalue weighted by Crippen LogP contribution is 2.38. The van der Waals surface area contributed by atoms with Crippen LogP contribution in [0.2, 0.25) is 0 Å². The van der Waals surface area contributed by atoms with Gasteiger partial charge in [-0.15, -0.1) is 0 Å². The average molecular weight is 199 g/mol. The van der Waals surface area contributed by atoms with Crippen LogP contribution >= 0.6 is 0 Å². The monoisotopic (exact) mass is 199 g/mol. The third-order valence-corrected chi connectivity index (χ3v) is 3.11. The molecule has 0 aromatic carbocycles. The van der Waals surface area contributed by atoms with E-state index in [9.17, 15) is 5.11 Å². The molecular formula is C11H21NO2. The second-order valence-electron chi connectivity index (χ2n) is 5.07. The Morgan fingerprint density at radius 2 is 2.21 bits per heavy atom. The predicted octanol–water partition coefficient (Wildman–Crippen LogP) is 0.916. The van der Waals surface area contributed by atoms with Crippen LogP contribution in [0.4, 0.5) is 0 Å². The Kier molecular flexibility index (Phi) is 3.10. The van der Waals surface area contributed by atoms with Gasteiger partial charge < -0.3 is 15.2 Å². The number of ether oxygens (including phenoxy) is 1. The van der Waals surface area contributed by atoms with E-state index in [1.165, 1.54) is 12.8 Å². The average Bonchev–Trinajstić information content (AvgIpc) is 2.88. The van der Waals surface area contributed by atoms with Gasteiger partial charge in [-0.25, -0.2) is 0 Å². The number of rotatable bonds is 4. The molecule has 0 aromatic heterocycles. The first kappa shape index (κ1) is 10.4. The van der Waals surface area contributed by atoms with Gasteiger partial charge in [0.1, 0.15) is 0 Å². The van der Waals surface area contributed by atoms with Crippen LogP contribution in [0.3, 0.4) is 0 Å². The van der Waals surface area contributed by atoms with Gasteiger partial charge in [0.15, 0.2) is 0 Å². The van der Waals surface area contributed by atoms with Gasteiger partial charge in [0, 0.05) is 12.6 Å². The fourth-order valence-corrected chi connectivity index (χ4v) is 2.31. The van der Waals surface area contributed by atoms with E-state index in [0.29, 0.717) is 6.04 Å². The molecule has 1 aliphatic carbocycles. The van der Waals surface area contributed by atoms with Crippen molar-refractivity contribution in [2.75, 3.05) is 19.8 Å². The highest BCUT2D eigenvalue weighted by molar-refractivity contribution is 4.87. The SMILES string of the molecule is CC(O)(CC1CC1)CC1COCCN1. The summed E-state index contributed by atoms with van der Waals surface area (Å²) in [5.74, 6) is 0.787. The minimum Gasteiger partial charge on any atom is -0.390 e. The van der Waals surface area contributed by atoms with E-state index in [4.69, 9.17) is 4.74 Å². The molecule has 2 rings (SSSR count). The Bertz CT molecular complexity index is 184. The van der Waals surface area contributed by atoms with Gasteiger partial charge in [-0.1, -0.05) is 12.8 Å². The van der Waals surface area contributed by atoms with E-state index in [2.05, 4.69) is 5.32 Å². The third-order valence-electron chi connectivity index (χ3n) is 3.11. The maximum absolute atomic E-state index is 10.2. The maximum atomic E-state index is 10.2. The molecule has 2 atom stereocenters. The van der Waals surface area contributed by atoms with Crippen LogP contribution < -0.4 is 5.32 Å². The molecular weight excluding hydrogens is 178 g/mol. The van der Waals surface area contributed by atoms with Crippen molar-refractivity contribution in [1.29, 1.82) is 0 Å². The topological polar surface area (TPSA) is 41.5 Å². The highest BCUT2D eigenvalue weighted by atomic mass is 16.5. The van der Waals surface area contributed by atoms with Crippen LogP contribution in [0.1, 0.15) is 32.6 Å². The van der Waals surface area contributed by atoms with Crippen LogP contribution in [-0.4, -0.2) is 36.5 Å². The van der Waals surface area contributed by atoms with E-state index in [-0.39, 0.29) is 0 Å². The van der Waals surface area contributed by atoms with Crippen molar-refractivity contribution in [3.63, 3.8) is 0 Å². The number of nitrogens with one attached hydrogen (secondary N) is 1. The van der Waals surface area contributed by atoms with Crippen LogP contribution in [-0.2, 0) is 4.74 Å². The largest absolute Gasteiger partial charge is 0.390 e. The summed E-state index contributed by atoms with van der Waals surface area (Å²) in [4.78, 5) is 0. The molecule has 2 N–H and O–H groups in total. The molecule has 0 radical (unpaired) electrons. The lowest BCUT2D eigenvalue weighted by molar-refractivity contribution is -0.00240. The summed E-state index contributed by atoms with van der Waals surface area (Å²) < 4.78 is 5.37. The molecule has 2 aliphatic rings. The van der Waals surface area contributed by atoms with Crippen LogP contribution in [0.25, 0.3) is 0 Å². The van der Waals surface area contributed by atoms with Crippen molar-refractivity contribution in [3.8, 4) is 0 Å². The fourth-order valence-electron chi connectivity index (χ4n) is 2.31. The van der Waals surface area contributed by atoms with E-state index in [1.807, 2.05) is 6.92 Å². The van der Waals surface area contributed by atoms with E-state index >= 15 is 0 Å². The van der Waals surface area contributed by atoms with E-state index in [1.54, 1.807) is 0 Å². The van der Waals surface area contributed by atoms with Gasteiger partial charge in [0.25, 0.3) is 0 Å². The molecule has 0 aromatic rings. The minimum absolute atomic E-state index is 0.345. The summed E-state index contributed by atoms with van der Waals surface area (Å²) in [6.45, 7) is 4.44. The molecule has 1 saturated carbocycles. The van der Waals surface area contributed by atoms with Gasteiger partial charge in [-0.3, -0.25) is 0 Å². The van der Waals surface area contributed by atoms with Gasteiger partial charge in [0.2, 0.25) is 0 Å². The first-order chi connectivity index (χ1) is 6.66. The zero-order valence-electron chi connectivity index (χ0n) is 8.96. The fraction of sp³-hybridized carbons (Fsp3) is 1.00. The van der Waals surface area contributed by atoms with Gasteiger partial charge >= 0.3 is 0 Å². The third kappa shape index (κ3) is 3.23. The Morgan fingerprint density at radius 3 is 2.79 bits per heavy atom. The van der Waals surface area contributed by atoms with Gasteiger partial charge in [-0.05, 0) is 25.7 Å². The molecule has 14 heavy (non-hydrogen) atoms. The number of aliphatic hydroxyl groups is 1. The Morgan fingerprint density at radius 1 is 1.43 bits per heavy atom. The highest BCUT2D eigenvalue weighted by Gasteiger charge is 2.33. The number of hydrogen-bond donors (Lipinski definition) is 2. The lowest BCUT2D eigenvalue weighted by atomic mass is 9.91. The lowest BCUT2D eigenvalue weighted by Crippen LogP contribution is -2.46. The molecule has 1 saturated heterocycles. The van der Waals surface area contributed by atoms with E-state index < -0.39 is 5.60 Å². The van der Waals surface area contributed by atoms with Crippen molar-refractivity contribution >= 4 is 0 Å². The standard InChI is InChI=1S/C11H21NO2/c1-11(13,6-9-2-3-9)7-10-8-14-5-4-12-10/h9-10,12-13H,2-8H2,1H3. The first-order valence-electron chi connectivity index (χ1n) is 5.69. The summed E-state index contributed by atoms with van der Waals surface area (Å²) in [6.07, 6.45) is 4.41. The second kappa shape index (κ2) is 4.17. The summed E-state index contributed by atoms with van der Waals surface area (Å²) >= 11 is 0. The summed E-state index contributed by atoms with van der Waals surface area (Å²) in [5.41, 5.74) is -0.500. The molecule has 3 heteroatoms. The molecule has 0 spiro atoms. The number of hydrogen-bond acceptors (Lipinski definition) is 3. The first-order valence-corrected chi connectivity index (χ1v) is 5.69. The molecule has 1 aliphatic heterocycles. The maximum Gasteiger partial charge on any atom is 0.0638 e. The predicted molar refractivity (Wildman–Crippen MR) is 55.2 cm³/mol. The summed E-state index contributed by atoms with van der Waals surface area (Å²) in [6, 6.07) is 0.345. The van der Waals surface area contributed by atoms with Gasteiger partial charge in [-0.2, -0.15) is 0 Å².